The van der Waals surface area contributed by atoms with Crippen molar-refractivity contribution < 1.29 is 14.3 Å². The first-order valence-corrected chi connectivity index (χ1v) is 6.76. The highest BCUT2D eigenvalue weighted by atomic mass is 32.1. The first kappa shape index (κ1) is 12.7. The van der Waals surface area contributed by atoms with Crippen LogP contribution in [-0.2, 0) is 0 Å². The number of nitrogens with zero attached hydrogens (tertiary/aromatic N) is 1. The third-order valence-electron chi connectivity index (χ3n) is 3.05. The second-order valence-electron chi connectivity index (χ2n) is 4.47. The number of carboxylic acid groups (broad SMARTS) is 1. The highest BCUT2D eigenvalue weighted by Gasteiger charge is 2.10. The van der Waals surface area contributed by atoms with Crippen molar-refractivity contribution in [2.75, 3.05) is 0 Å². The number of hydrogen-bond donors (Lipinski definition) is 1. The van der Waals surface area contributed by atoms with E-state index < -0.39 is 5.97 Å². The lowest BCUT2D eigenvalue weighted by atomic mass is 10.1. The Balaban J connectivity index is 2.12. The summed E-state index contributed by atoms with van der Waals surface area (Å²) in [5.74, 6) is -1.24. The lowest BCUT2D eigenvalue weighted by molar-refractivity contribution is 0.0697. The summed E-state index contributed by atoms with van der Waals surface area (Å²) in [7, 11) is 0. The van der Waals surface area contributed by atoms with Gasteiger partial charge in [0.15, 0.2) is 0 Å². The zero-order valence-corrected chi connectivity index (χ0v) is 11.4. The van der Waals surface area contributed by atoms with Crippen LogP contribution in [0.25, 0.3) is 20.8 Å². The molecule has 1 aromatic heterocycles. The molecule has 0 aliphatic rings. The number of rotatable bonds is 2. The van der Waals surface area contributed by atoms with Crippen LogP contribution in [0.3, 0.4) is 0 Å². The Kier molecular flexibility index (Phi) is 2.99. The molecule has 2 aromatic carbocycles. The quantitative estimate of drug-likeness (QED) is 0.771. The lowest BCUT2D eigenvalue weighted by Crippen LogP contribution is -1.94. The number of halogens is 1. The van der Waals surface area contributed by atoms with Gasteiger partial charge >= 0.3 is 5.97 Å². The molecule has 0 saturated heterocycles. The fourth-order valence-corrected chi connectivity index (χ4v) is 2.91. The second-order valence-corrected chi connectivity index (χ2v) is 5.50. The van der Waals surface area contributed by atoms with Crippen LogP contribution in [0.15, 0.2) is 36.4 Å². The molecule has 100 valence electrons. The number of carboxylic acids is 1. The molecular formula is C15H10FNO2S. The normalized spacial score (nSPS) is 10.9. The second kappa shape index (κ2) is 4.68. The molecule has 3 nitrogen and oxygen atoms in total. The smallest absolute Gasteiger partial charge is 0.335 e. The van der Waals surface area contributed by atoms with E-state index in [1.165, 1.54) is 23.5 Å². The van der Waals surface area contributed by atoms with Crippen molar-refractivity contribution in [1.82, 2.24) is 4.98 Å². The van der Waals surface area contributed by atoms with E-state index in [2.05, 4.69) is 4.98 Å². The first-order valence-electron chi connectivity index (χ1n) is 5.95. The standard InChI is InChI=1S/C15H10FNO2S/c1-8-2-3-9(6-11(8)16)14-17-12-5-4-10(15(18)19)7-13(12)20-14/h2-7H,1H3,(H,18,19). The molecular weight excluding hydrogens is 277 g/mol. The lowest BCUT2D eigenvalue weighted by Gasteiger charge is -1.98. The molecule has 0 bridgehead atoms. The van der Waals surface area contributed by atoms with Gasteiger partial charge in [-0.05, 0) is 36.8 Å². The van der Waals surface area contributed by atoms with E-state index >= 15 is 0 Å². The monoisotopic (exact) mass is 287 g/mol. The minimum absolute atomic E-state index is 0.225. The predicted octanol–water partition coefficient (Wildman–Crippen LogP) is 4.11. The Labute approximate surface area is 118 Å². The average Bonchev–Trinajstić information content (AvgIpc) is 2.84. The molecule has 1 heterocycles. The number of benzene rings is 2. The summed E-state index contributed by atoms with van der Waals surface area (Å²) in [6, 6.07) is 9.75. The van der Waals surface area contributed by atoms with Gasteiger partial charge in [-0.2, -0.15) is 0 Å². The van der Waals surface area contributed by atoms with Crippen molar-refractivity contribution >= 4 is 27.5 Å². The molecule has 0 spiro atoms. The minimum Gasteiger partial charge on any atom is -0.478 e. The third kappa shape index (κ3) is 2.16. The van der Waals surface area contributed by atoms with E-state index in [0.717, 1.165) is 10.2 Å². The van der Waals surface area contributed by atoms with Gasteiger partial charge in [-0.25, -0.2) is 14.2 Å². The molecule has 0 atom stereocenters. The highest BCUT2D eigenvalue weighted by Crippen LogP contribution is 2.31. The largest absolute Gasteiger partial charge is 0.478 e. The molecule has 0 unspecified atom stereocenters. The fourth-order valence-electron chi connectivity index (χ4n) is 1.91. The van der Waals surface area contributed by atoms with Gasteiger partial charge in [0.2, 0.25) is 0 Å². The Bertz CT molecular complexity index is 826. The number of aryl methyl sites for hydroxylation is 1. The van der Waals surface area contributed by atoms with Gasteiger partial charge in [-0.15, -0.1) is 11.3 Å². The maximum atomic E-state index is 13.6. The molecule has 0 radical (unpaired) electrons. The predicted molar refractivity (Wildman–Crippen MR) is 76.7 cm³/mol. The number of hydrogen-bond acceptors (Lipinski definition) is 3. The van der Waals surface area contributed by atoms with Crippen molar-refractivity contribution in [1.29, 1.82) is 0 Å². The van der Waals surface area contributed by atoms with Gasteiger partial charge in [0.1, 0.15) is 10.8 Å². The minimum atomic E-state index is -0.969. The van der Waals surface area contributed by atoms with Crippen LogP contribution in [0.5, 0.6) is 0 Å². The maximum Gasteiger partial charge on any atom is 0.335 e. The van der Waals surface area contributed by atoms with Crippen molar-refractivity contribution in [2.24, 2.45) is 0 Å². The zero-order chi connectivity index (χ0) is 14.3. The van der Waals surface area contributed by atoms with E-state index in [1.54, 1.807) is 25.1 Å². The molecule has 0 aliphatic carbocycles. The Morgan fingerprint density at radius 2 is 2.05 bits per heavy atom. The van der Waals surface area contributed by atoms with Crippen LogP contribution in [0.2, 0.25) is 0 Å². The molecule has 1 N–H and O–H groups in total. The van der Waals surface area contributed by atoms with Crippen LogP contribution in [0, 0.1) is 12.7 Å². The van der Waals surface area contributed by atoms with Gasteiger partial charge in [-0.1, -0.05) is 12.1 Å². The number of carbonyl (C=O) groups is 1. The number of aromatic nitrogens is 1. The molecule has 20 heavy (non-hydrogen) atoms. The molecule has 3 rings (SSSR count). The van der Waals surface area contributed by atoms with Crippen molar-refractivity contribution in [3.63, 3.8) is 0 Å². The SMILES string of the molecule is Cc1ccc(-c2nc3ccc(C(=O)O)cc3s2)cc1F. The van der Waals surface area contributed by atoms with Crippen LogP contribution >= 0.6 is 11.3 Å². The number of thiazole rings is 1. The summed E-state index contributed by atoms with van der Waals surface area (Å²) < 4.78 is 14.4. The van der Waals surface area contributed by atoms with Gasteiger partial charge in [0, 0.05) is 5.56 Å². The van der Waals surface area contributed by atoms with Crippen LogP contribution in [0.1, 0.15) is 15.9 Å². The summed E-state index contributed by atoms with van der Waals surface area (Å²) in [5, 5.41) is 9.65. The number of aromatic carboxylic acids is 1. The van der Waals surface area contributed by atoms with Gasteiger partial charge in [-0.3, -0.25) is 0 Å². The van der Waals surface area contributed by atoms with Crippen LogP contribution in [0.4, 0.5) is 4.39 Å². The summed E-state index contributed by atoms with van der Waals surface area (Å²) in [6.07, 6.45) is 0. The van der Waals surface area contributed by atoms with E-state index in [1.807, 2.05) is 6.07 Å². The van der Waals surface area contributed by atoms with Gasteiger partial charge in [0.05, 0.1) is 15.8 Å². The van der Waals surface area contributed by atoms with Crippen LogP contribution in [-0.4, -0.2) is 16.1 Å². The molecule has 0 saturated carbocycles. The molecule has 0 amide bonds. The van der Waals surface area contributed by atoms with Gasteiger partial charge in [0.25, 0.3) is 0 Å². The molecule has 5 heteroatoms. The topological polar surface area (TPSA) is 50.2 Å². The van der Waals surface area contributed by atoms with E-state index in [9.17, 15) is 9.18 Å². The van der Waals surface area contributed by atoms with E-state index in [4.69, 9.17) is 5.11 Å². The van der Waals surface area contributed by atoms with E-state index in [-0.39, 0.29) is 11.4 Å². The zero-order valence-electron chi connectivity index (χ0n) is 10.6. The van der Waals surface area contributed by atoms with Crippen molar-refractivity contribution in [3.05, 3.63) is 53.3 Å². The summed E-state index contributed by atoms with van der Waals surface area (Å²) in [6.45, 7) is 1.70. The Morgan fingerprint density at radius 1 is 1.25 bits per heavy atom. The van der Waals surface area contributed by atoms with Gasteiger partial charge < -0.3 is 5.11 Å². The molecule has 3 aromatic rings. The Hall–Kier alpha value is -2.27. The fraction of sp³-hybridized carbons (Fsp3) is 0.0667. The summed E-state index contributed by atoms with van der Waals surface area (Å²) >= 11 is 1.36. The van der Waals surface area contributed by atoms with Crippen LogP contribution < -0.4 is 0 Å². The highest BCUT2D eigenvalue weighted by molar-refractivity contribution is 7.21. The van der Waals surface area contributed by atoms with E-state index in [0.29, 0.717) is 16.1 Å². The molecule has 0 aliphatic heterocycles. The maximum absolute atomic E-state index is 13.6. The summed E-state index contributed by atoms with van der Waals surface area (Å²) in [4.78, 5) is 15.4. The first-order chi connectivity index (χ1) is 9.54. The van der Waals surface area contributed by atoms with Crippen molar-refractivity contribution in [2.45, 2.75) is 6.92 Å². The van der Waals surface area contributed by atoms with Crippen molar-refractivity contribution in [3.8, 4) is 10.6 Å². The summed E-state index contributed by atoms with van der Waals surface area (Å²) in [5.41, 5.74) is 2.23. The number of fused-ring (bicyclic) bond motifs is 1. The third-order valence-corrected chi connectivity index (χ3v) is 4.12. The molecule has 0 fully saturated rings. The average molecular weight is 287 g/mol. The Morgan fingerprint density at radius 3 is 2.75 bits per heavy atom.